The molecule has 0 bridgehead atoms. The zero-order valence-electron chi connectivity index (χ0n) is 13.0. The van der Waals surface area contributed by atoms with Gasteiger partial charge in [-0.2, -0.15) is 0 Å². The Labute approximate surface area is 146 Å². The van der Waals surface area contributed by atoms with E-state index in [-0.39, 0.29) is 0 Å². The molecule has 0 aromatic carbocycles. The van der Waals surface area contributed by atoms with Crippen molar-refractivity contribution in [1.82, 2.24) is 0 Å². The molecule has 1 atom stereocenters. The minimum absolute atomic E-state index is 0.387. The van der Waals surface area contributed by atoms with Crippen LogP contribution in [-0.4, -0.2) is 23.9 Å². The molecule has 0 radical (unpaired) electrons. The van der Waals surface area contributed by atoms with Gasteiger partial charge >= 0.3 is 5.97 Å². The fraction of sp³-hybridized carbons (Fsp3) is 0.312. The SMILES string of the molecule is C[C@H](OC(=O)c1cccs1)C(=O)Nc1sc2c(c1C(N)=O)CCC2. The quantitative estimate of drug-likeness (QED) is 0.797. The molecule has 8 heteroatoms. The average molecular weight is 364 g/mol. The molecule has 0 spiro atoms. The highest BCUT2D eigenvalue weighted by atomic mass is 32.1. The Bertz CT molecular complexity index is 795. The molecule has 2 heterocycles. The maximum Gasteiger partial charge on any atom is 0.349 e. The number of carbonyl (C=O) groups is 3. The van der Waals surface area contributed by atoms with Gasteiger partial charge in [-0.3, -0.25) is 9.59 Å². The van der Waals surface area contributed by atoms with Gasteiger partial charge in [0.15, 0.2) is 6.10 Å². The molecular formula is C16H16N2O4S2. The Hall–Kier alpha value is -2.19. The zero-order chi connectivity index (χ0) is 17.3. The second-order valence-electron chi connectivity index (χ2n) is 5.44. The Kier molecular flexibility index (Phi) is 4.68. The van der Waals surface area contributed by atoms with Crippen molar-refractivity contribution in [2.75, 3.05) is 5.32 Å². The first-order valence-electron chi connectivity index (χ1n) is 7.47. The molecule has 3 N–H and O–H groups in total. The average Bonchev–Trinajstić information content (AvgIpc) is 3.22. The lowest BCUT2D eigenvalue weighted by Gasteiger charge is -2.13. The number of fused-ring (bicyclic) bond motifs is 1. The minimum atomic E-state index is -0.975. The number of carbonyl (C=O) groups excluding carboxylic acids is 3. The van der Waals surface area contributed by atoms with E-state index in [0.717, 1.165) is 29.7 Å². The molecule has 3 rings (SSSR count). The second kappa shape index (κ2) is 6.74. The van der Waals surface area contributed by atoms with E-state index in [1.807, 2.05) is 0 Å². The van der Waals surface area contributed by atoms with Gasteiger partial charge in [0, 0.05) is 4.88 Å². The van der Waals surface area contributed by atoms with Crippen LogP contribution >= 0.6 is 22.7 Å². The fourth-order valence-corrected chi connectivity index (χ4v) is 4.54. The van der Waals surface area contributed by atoms with Crippen molar-refractivity contribution in [3.8, 4) is 0 Å². The molecule has 0 aliphatic heterocycles. The van der Waals surface area contributed by atoms with Gasteiger partial charge in [-0.1, -0.05) is 6.07 Å². The highest BCUT2D eigenvalue weighted by molar-refractivity contribution is 7.17. The van der Waals surface area contributed by atoms with Gasteiger partial charge < -0.3 is 15.8 Å². The maximum atomic E-state index is 12.3. The van der Waals surface area contributed by atoms with Crippen LogP contribution in [0.1, 0.15) is 43.8 Å². The summed E-state index contributed by atoms with van der Waals surface area (Å²) in [5.41, 5.74) is 6.78. The number of nitrogens with one attached hydrogen (secondary N) is 1. The number of hydrogen-bond donors (Lipinski definition) is 2. The van der Waals surface area contributed by atoms with E-state index in [4.69, 9.17) is 10.5 Å². The predicted octanol–water partition coefficient (Wildman–Crippen LogP) is 2.58. The Morgan fingerprint density at radius 3 is 2.79 bits per heavy atom. The number of primary amides is 1. The lowest BCUT2D eigenvalue weighted by molar-refractivity contribution is -0.123. The lowest BCUT2D eigenvalue weighted by atomic mass is 10.1. The summed E-state index contributed by atoms with van der Waals surface area (Å²) in [6.07, 6.45) is 1.70. The summed E-state index contributed by atoms with van der Waals surface area (Å²) in [4.78, 5) is 37.4. The van der Waals surface area contributed by atoms with Crippen LogP contribution in [0.25, 0.3) is 0 Å². The van der Waals surface area contributed by atoms with Gasteiger partial charge in [-0.05, 0) is 43.2 Å². The minimum Gasteiger partial charge on any atom is -0.448 e. The number of ether oxygens (including phenoxy) is 1. The van der Waals surface area contributed by atoms with Crippen LogP contribution in [0.2, 0.25) is 0 Å². The molecule has 126 valence electrons. The number of hydrogen-bond acceptors (Lipinski definition) is 6. The predicted molar refractivity (Wildman–Crippen MR) is 92.7 cm³/mol. The van der Waals surface area contributed by atoms with Gasteiger partial charge in [0.1, 0.15) is 9.88 Å². The van der Waals surface area contributed by atoms with E-state index in [1.165, 1.54) is 29.6 Å². The van der Waals surface area contributed by atoms with Crippen molar-refractivity contribution in [2.45, 2.75) is 32.3 Å². The molecule has 6 nitrogen and oxygen atoms in total. The topological polar surface area (TPSA) is 98.5 Å². The summed E-state index contributed by atoms with van der Waals surface area (Å²) in [5.74, 6) is -1.58. The first-order chi connectivity index (χ1) is 11.5. The molecular weight excluding hydrogens is 348 g/mol. The summed E-state index contributed by atoms with van der Waals surface area (Å²) >= 11 is 2.61. The van der Waals surface area contributed by atoms with Gasteiger partial charge in [0.05, 0.1) is 5.56 Å². The highest BCUT2D eigenvalue weighted by Crippen LogP contribution is 2.38. The third-order valence-corrected chi connectivity index (χ3v) is 5.84. The molecule has 2 amide bonds. The van der Waals surface area contributed by atoms with Crippen LogP contribution in [0.4, 0.5) is 5.00 Å². The molecule has 1 aliphatic rings. The van der Waals surface area contributed by atoms with Crippen molar-refractivity contribution < 1.29 is 19.1 Å². The summed E-state index contributed by atoms with van der Waals surface area (Å²) < 4.78 is 5.15. The van der Waals surface area contributed by atoms with Gasteiger partial charge in [-0.25, -0.2) is 4.79 Å². The smallest absolute Gasteiger partial charge is 0.349 e. The third kappa shape index (κ3) is 3.20. The monoisotopic (exact) mass is 364 g/mol. The number of nitrogens with two attached hydrogens (primary N) is 1. The fourth-order valence-electron chi connectivity index (χ4n) is 2.63. The Morgan fingerprint density at radius 2 is 2.12 bits per heavy atom. The van der Waals surface area contributed by atoms with Crippen LogP contribution in [-0.2, 0) is 22.4 Å². The number of thiophene rings is 2. The maximum absolute atomic E-state index is 12.3. The molecule has 24 heavy (non-hydrogen) atoms. The van der Waals surface area contributed by atoms with Crippen LogP contribution in [0.3, 0.4) is 0 Å². The standard InChI is InChI=1S/C16H16N2O4S2/c1-8(22-16(21)11-6-3-7-23-11)14(20)18-15-12(13(17)19)9-4-2-5-10(9)24-15/h3,6-8H,2,4-5H2,1H3,(H2,17,19)(H,18,20)/t8-/m0/s1. The summed E-state index contributed by atoms with van der Waals surface area (Å²) in [5, 5.41) is 4.88. The molecule has 1 aliphatic carbocycles. The number of amides is 2. The van der Waals surface area contributed by atoms with E-state index in [9.17, 15) is 14.4 Å². The van der Waals surface area contributed by atoms with Crippen LogP contribution < -0.4 is 11.1 Å². The van der Waals surface area contributed by atoms with Crippen molar-refractivity contribution in [3.63, 3.8) is 0 Å². The number of anilines is 1. The first-order valence-corrected chi connectivity index (χ1v) is 9.16. The Morgan fingerprint density at radius 1 is 1.33 bits per heavy atom. The van der Waals surface area contributed by atoms with Crippen molar-refractivity contribution >= 4 is 45.5 Å². The number of rotatable bonds is 5. The Balaban J connectivity index is 1.71. The van der Waals surface area contributed by atoms with Crippen LogP contribution in [0.15, 0.2) is 17.5 Å². The molecule has 0 unspecified atom stereocenters. The highest BCUT2D eigenvalue weighted by Gasteiger charge is 2.28. The molecule has 0 fully saturated rings. The number of aryl methyl sites for hydroxylation is 1. The normalized spacial score (nSPS) is 14.0. The van der Waals surface area contributed by atoms with E-state index >= 15 is 0 Å². The largest absolute Gasteiger partial charge is 0.448 e. The first kappa shape index (κ1) is 16.7. The van der Waals surface area contributed by atoms with Gasteiger partial charge in [-0.15, -0.1) is 22.7 Å². The van der Waals surface area contributed by atoms with E-state index in [2.05, 4.69) is 5.32 Å². The summed E-state index contributed by atoms with van der Waals surface area (Å²) in [6.45, 7) is 1.49. The second-order valence-corrected chi connectivity index (χ2v) is 7.49. The van der Waals surface area contributed by atoms with Crippen molar-refractivity contribution in [1.29, 1.82) is 0 Å². The molecule has 0 saturated heterocycles. The van der Waals surface area contributed by atoms with Crippen molar-refractivity contribution in [2.24, 2.45) is 5.73 Å². The third-order valence-electron chi connectivity index (χ3n) is 3.78. The zero-order valence-corrected chi connectivity index (χ0v) is 14.6. The van der Waals surface area contributed by atoms with Crippen molar-refractivity contribution in [3.05, 3.63) is 38.4 Å². The van der Waals surface area contributed by atoms with E-state index < -0.39 is 23.9 Å². The molecule has 2 aromatic heterocycles. The van der Waals surface area contributed by atoms with Crippen LogP contribution in [0, 0.1) is 0 Å². The van der Waals surface area contributed by atoms with Gasteiger partial charge in [0.25, 0.3) is 11.8 Å². The van der Waals surface area contributed by atoms with Gasteiger partial charge in [0.2, 0.25) is 0 Å². The van der Waals surface area contributed by atoms with Crippen LogP contribution in [0.5, 0.6) is 0 Å². The molecule has 0 saturated carbocycles. The van der Waals surface area contributed by atoms with E-state index in [0.29, 0.717) is 15.4 Å². The lowest BCUT2D eigenvalue weighted by Crippen LogP contribution is -2.30. The van der Waals surface area contributed by atoms with E-state index in [1.54, 1.807) is 17.5 Å². The molecule has 2 aromatic rings. The summed E-state index contributed by atoms with van der Waals surface area (Å²) in [6, 6.07) is 3.37. The number of esters is 1. The summed E-state index contributed by atoms with van der Waals surface area (Å²) in [7, 11) is 0.